The van der Waals surface area contributed by atoms with Gasteiger partial charge in [-0.1, -0.05) is 34.5 Å². The molecule has 2 aromatic carbocycles. The van der Waals surface area contributed by atoms with E-state index in [4.69, 9.17) is 23.2 Å². The Labute approximate surface area is 176 Å². The van der Waals surface area contributed by atoms with Crippen LogP contribution in [-0.2, 0) is 10.0 Å². The van der Waals surface area contributed by atoms with Gasteiger partial charge in [0.25, 0.3) is 10.0 Å². The van der Waals surface area contributed by atoms with Crippen molar-refractivity contribution in [3.05, 3.63) is 70.3 Å². The molecule has 2 heterocycles. The molecule has 9 heteroatoms. The second-order valence-corrected chi connectivity index (χ2v) is 9.53. The zero-order valence-electron chi connectivity index (χ0n) is 14.5. The van der Waals surface area contributed by atoms with Gasteiger partial charge in [0.1, 0.15) is 15.4 Å². The predicted octanol–water partition coefficient (Wildman–Crippen LogP) is 5.77. The highest BCUT2D eigenvalue weighted by atomic mass is 35.5. The van der Waals surface area contributed by atoms with E-state index in [0.717, 1.165) is 26.5 Å². The summed E-state index contributed by atoms with van der Waals surface area (Å²) in [6.07, 6.45) is 1.73. The van der Waals surface area contributed by atoms with Gasteiger partial charge in [-0.15, -0.1) is 0 Å². The number of rotatable bonds is 4. The zero-order valence-corrected chi connectivity index (χ0v) is 17.6. The van der Waals surface area contributed by atoms with Gasteiger partial charge in [-0.05, 0) is 61.0 Å². The Morgan fingerprint density at radius 3 is 2.57 bits per heavy atom. The van der Waals surface area contributed by atoms with Crippen LogP contribution in [0.4, 0.5) is 5.69 Å². The smallest absolute Gasteiger partial charge is 0.261 e. The number of sulfonamides is 1. The standard InChI is InChI=1S/C19H13Cl2N3O2S2/c1-11-9-12(18-23-17-3-2-8-22-19(17)27-18)4-7-16(11)24-28(25,26)13-5-6-14(20)15(21)10-13/h2-10,24H,1H3. The minimum Gasteiger partial charge on any atom is -0.279 e. The molecule has 0 atom stereocenters. The maximum absolute atomic E-state index is 12.7. The lowest BCUT2D eigenvalue weighted by molar-refractivity contribution is 0.601. The maximum atomic E-state index is 12.7. The molecule has 0 amide bonds. The quantitative estimate of drug-likeness (QED) is 0.428. The third-order valence-corrected chi connectivity index (χ3v) is 7.22. The van der Waals surface area contributed by atoms with Gasteiger partial charge in [-0.25, -0.2) is 18.4 Å². The third-order valence-electron chi connectivity index (χ3n) is 4.09. The van der Waals surface area contributed by atoms with Gasteiger partial charge in [0.15, 0.2) is 0 Å². The number of nitrogens with one attached hydrogen (secondary N) is 1. The van der Waals surface area contributed by atoms with Crippen molar-refractivity contribution < 1.29 is 8.42 Å². The topological polar surface area (TPSA) is 72.0 Å². The summed E-state index contributed by atoms with van der Waals surface area (Å²) in [5.74, 6) is 0. The van der Waals surface area contributed by atoms with E-state index < -0.39 is 10.0 Å². The Morgan fingerprint density at radius 2 is 1.86 bits per heavy atom. The van der Waals surface area contributed by atoms with E-state index in [1.165, 1.54) is 29.5 Å². The molecule has 0 aliphatic rings. The van der Waals surface area contributed by atoms with E-state index in [1.807, 2.05) is 31.2 Å². The SMILES string of the molecule is Cc1cc(-c2nc3cccnc3s2)ccc1NS(=O)(=O)c1ccc(Cl)c(Cl)c1. The van der Waals surface area contributed by atoms with Gasteiger partial charge in [0.2, 0.25) is 0 Å². The lowest BCUT2D eigenvalue weighted by Crippen LogP contribution is -2.13. The van der Waals surface area contributed by atoms with Crippen molar-refractivity contribution in [2.45, 2.75) is 11.8 Å². The molecule has 0 saturated carbocycles. The Kier molecular flexibility index (Phi) is 5.01. The van der Waals surface area contributed by atoms with E-state index in [9.17, 15) is 8.42 Å². The number of hydrogen-bond acceptors (Lipinski definition) is 5. The number of aryl methyl sites for hydroxylation is 1. The van der Waals surface area contributed by atoms with E-state index in [-0.39, 0.29) is 9.92 Å². The Balaban J connectivity index is 1.65. The Bertz CT molecular complexity index is 1270. The first-order valence-corrected chi connectivity index (χ1v) is 11.2. The van der Waals surface area contributed by atoms with E-state index in [1.54, 1.807) is 12.3 Å². The molecular formula is C19H13Cl2N3O2S2. The largest absolute Gasteiger partial charge is 0.279 e. The Morgan fingerprint density at radius 1 is 1.04 bits per heavy atom. The molecule has 0 aliphatic heterocycles. The maximum Gasteiger partial charge on any atom is 0.261 e. The molecule has 2 aromatic heterocycles. The number of pyridine rings is 1. The number of hydrogen-bond donors (Lipinski definition) is 1. The summed E-state index contributed by atoms with van der Waals surface area (Å²) in [6.45, 7) is 1.84. The normalized spacial score (nSPS) is 11.7. The van der Waals surface area contributed by atoms with Crippen LogP contribution in [0.3, 0.4) is 0 Å². The van der Waals surface area contributed by atoms with Crippen molar-refractivity contribution in [3.8, 4) is 10.6 Å². The summed E-state index contributed by atoms with van der Waals surface area (Å²) in [6, 6.07) is 13.4. The third kappa shape index (κ3) is 3.71. The van der Waals surface area contributed by atoms with Gasteiger partial charge >= 0.3 is 0 Å². The van der Waals surface area contributed by atoms with Crippen LogP contribution in [0.1, 0.15) is 5.56 Å². The molecule has 28 heavy (non-hydrogen) atoms. The summed E-state index contributed by atoms with van der Waals surface area (Å²) < 4.78 is 27.9. The molecule has 4 rings (SSSR count). The number of benzene rings is 2. The number of fused-ring (bicyclic) bond motifs is 1. The molecule has 5 nitrogen and oxygen atoms in total. The predicted molar refractivity (Wildman–Crippen MR) is 115 cm³/mol. The molecule has 0 spiro atoms. The molecule has 0 radical (unpaired) electrons. The first kappa shape index (κ1) is 19.1. The molecular weight excluding hydrogens is 437 g/mol. The van der Waals surface area contributed by atoms with Gasteiger partial charge in [0, 0.05) is 11.8 Å². The molecule has 0 saturated heterocycles. The van der Waals surface area contributed by atoms with Crippen LogP contribution in [-0.4, -0.2) is 18.4 Å². The number of halogens is 2. The van der Waals surface area contributed by atoms with Crippen LogP contribution in [0.25, 0.3) is 20.9 Å². The average molecular weight is 450 g/mol. The molecule has 0 aliphatic carbocycles. The first-order chi connectivity index (χ1) is 13.3. The van der Waals surface area contributed by atoms with Gasteiger partial charge < -0.3 is 0 Å². The van der Waals surface area contributed by atoms with E-state index >= 15 is 0 Å². The van der Waals surface area contributed by atoms with Crippen molar-refractivity contribution >= 4 is 60.6 Å². The monoisotopic (exact) mass is 449 g/mol. The van der Waals surface area contributed by atoms with Crippen LogP contribution in [0.5, 0.6) is 0 Å². The summed E-state index contributed by atoms with van der Waals surface area (Å²) >= 11 is 13.3. The fourth-order valence-corrected chi connectivity index (χ4v) is 5.08. The van der Waals surface area contributed by atoms with Gasteiger partial charge in [-0.2, -0.15) is 0 Å². The highest BCUT2D eigenvalue weighted by Gasteiger charge is 2.17. The van der Waals surface area contributed by atoms with Crippen molar-refractivity contribution in [3.63, 3.8) is 0 Å². The van der Waals surface area contributed by atoms with Crippen molar-refractivity contribution in [2.24, 2.45) is 0 Å². The number of thiazole rings is 1. The molecule has 4 aromatic rings. The minimum absolute atomic E-state index is 0.0441. The Hall–Kier alpha value is -2.19. The van der Waals surface area contributed by atoms with E-state index in [2.05, 4.69) is 14.7 Å². The first-order valence-electron chi connectivity index (χ1n) is 8.14. The molecule has 0 unspecified atom stereocenters. The van der Waals surface area contributed by atoms with Crippen molar-refractivity contribution in [1.82, 2.24) is 9.97 Å². The van der Waals surface area contributed by atoms with Crippen molar-refractivity contribution in [2.75, 3.05) is 4.72 Å². The average Bonchev–Trinajstić information content (AvgIpc) is 3.09. The lowest BCUT2D eigenvalue weighted by Gasteiger charge is -2.12. The number of aromatic nitrogens is 2. The fraction of sp³-hybridized carbons (Fsp3) is 0.0526. The zero-order chi connectivity index (χ0) is 19.9. The molecule has 142 valence electrons. The van der Waals surface area contributed by atoms with Crippen LogP contribution >= 0.6 is 34.5 Å². The highest BCUT2D eigenvalue weighted by molar-refractivity contribution is 7.92. The van der Waals surface area contributed by atoms with Crippen molar-refractivity contribution in [1.29, 1.82) is 0 Å². The van der Waals surface area contributed by atoms with Crippen LogP contribution < -0.4 is 4.72 Å². The highest BCUT2D eigenvalue weighted by Crippen LogP contribution is 2.32. The second-order valence-electron chi connectivity index (χ2n) is 6.06. The van der Waals surface area contributed by atoms with Crippen LogP contribution in [0, 0.1) is 6.92 Å². The summed E-state index contributed by atoms with van der Waals surface area (Å²) in [7, 11) is -3.79. The summed E-state index contributed by atoms with van der Waals surface area (Å²) in [4.78, 5) is 9.80. The molecule has 0 bridgehead atoms. The summed E-state index contributed by atoms with van der Waals surface area (Å²) in [5.41, 5.74) is 2.99. The van der Waals surface area contributed by atoms with Crippen LogP contribution in [0.15, 0.2) is 59.6 Å². The molecule has 0 fully saturated rings. The lowest BCUT2D eigenvalue weighted by atomic mass is 10.1. The van der Waals surface area contributed by atoms with Gasteiger partial charge in [0.05, 0.1) is 20.6 Å². The summed E-state index contributed by atoms with van der Waals surface area (Å²) in [5, 5.41) is 1.31. The molecule has 1 N–H and O–H groups in total. The van der Waals surface area contributed by atoms with Gasteiger partial charge in [-0.3, -0.25) is 4.72 Å². The fourth-order valence-electron chi connectivity index (χ4n) is 2.65. The second kappa shape index (κ2) is 7.33. The number of anilines is 1. The number of nitrogens with zero attached hydrogens (tertiary/aromatic N) is 2. The van der Waals surface area contributed by atoms with Crippen LogP contribution in [0.2, 0.25) is 10.0 Å². The minimum atomic E-state index is -3.79. The van der Waals surface area contributed by atoms with E-state index in [0.29, 0.717) is 10.7 Å².